The molecule has 2 aliphatic rings. The first-order valence-electron chi connectivity index (χ1n) is 13.7. The van der Waals surface area contributed by atoms with Crippen molar-refractivity contribution in [2.45, 2.75) is 84.0 Å². The number of allylic oxidation sites excluding steroid dienone is 3. The van der Waals surface area contributed by atoms with Gasteiger partial charge in [-0.25, -0.2) is 17.6 Å². The Morgan fingerprint density at radius 1 is 0.778 bits per heavy atom. The van der Waals surface area contributed by atoms with Gasteiger partial charge in [-0.2, -0.15) is 0 Å². The van der Waals surface area contributed by atoms with Gasteiger partial charge in [0, 0.05) is 17.4 Å². The summed E-state index contributed by atoms with van der Waals surface area (Å²) in [6.45, 7) is 4.24. The summed E-state index contributed by atoms with van der Waals surface area (Å²) in [5.74, 6) is -2.80. The van der Waals surface area contributed by atoms with E-state index in [1.54, 1.807) is 48.6 Å². The lowest BCUT2D eigenvalue weighted by molar-refractivity contribution is 0.304. The van der Waals surface area contributed by atoms with E-state index >= 15 is 8.78 Å². The van der Waals surface area contributed by atoms with E-state index in [0.29, 0.717) is 36.3 Å². The molecule has 2 unspecified atom stereocenters. The highest BCUT2D eigenvalue weighted by molar-refractivity contribution is 5.67. The Hall–Kier alpha value is -2.36. The van der Waals surface area contributed by atoms with E-state index in [1.807, 2.05) is 0 Å². The van der Waals surface area contributed by atoms with Crippen LogP contribution in [0.15, 0.2) is 54.1 Å². The van der Waals surface area contributed by atoms with Crippen LogP contribution in [0.5, 0.6) is 0 Å². The standard InChI is InChI=1S/C32H38F4/c1-3-5-6-25-17-18-26(30(34)29(25)33)16-11-22-9-14-24(15-10-22)28-20-19-27(31(35)32(28)36)23-12-7-21(4-2)8-13-23/h9-11,14-16,19-21,23,25-26H,3-8,12-13,17-18H2,1-2H3/b16-11+. The number of hydrogen-bond acceptors (Lipinski definition) is 0. The molecule has 2 aliphatic carbocycles. The van der Waals surface area contributed by atoms with Crippen molar-refractivity contribution in [3.8, 4) is 11.1 Å². The normalized spacial score (nSPS) is 25.1. The zero-order chi connectivity index (χ0) is 25.7. The van der Waals surface area contributed by atoms with Crippen molar-refractivity contribution in [2.75, 3.05) is 0 Å². The van der Waals surface area contributed by atoms with E-state index in [0.717, 1.165) is 50.5 Å². The van der Waals surface area contributed by atoms with Gasteiger partial charge in [-0.1, -0.05) is 81.7 Å². The molecule has 2 aromatic rings. The molecule has 0 radical (unpaired) electrons. The van der Waals surface area contributed by atoms with Crippen molar-refractivity contribution in [1.29, 1.82) is 0 Å². The third kappa shape index (κ3) is 5.95. The fourth-order valence-electron chi connectivity index (χ4n) is 5.89. The van der Waals surface area contributed by atoms with Gasteiger partial charge < -0.3 is 0 Å². The van der Waals surface area contributed by atoms with Crippen LogP contribution in [-0.4, -0.2) is 0 Å². The molecule has 36 heavy (non-hydrogen) atoms. The van der Waals surface area contributed by atoms with Gasteiger partial charge in [0.25, 0.3) is 0 Å². The van der Waals surface area contributed by atoms with Crippen molar-refractivity contribution < 1.29 is 17.6 Å². The molecule has 4 rings (SSSR count). The summed E-state index contributed by atoms with van der Waals surface area (Å²) in [4.78, 5) is 0. The van der Waals surface area contributed by atoms with Gasteiger partial charge in [0.1, 0.15) is 11.7 Å². The van der Waals surface area contributed by atoms with Crippen LogP contribution in [0, 0.1) is 29.4 Å². The topological polar surface area (TPSA) is 0 Å². The summed E-state index contributed by atoms with van der Waals surface area (Å²) in [6.07, 6.45) is 12.5. The molecule has 0 aromatic heterocycles. The zero-order valence-electron chi connectivity index (χ0n) is 21.5. The molecular formula is C32H38F4. The first-order valence-corrected chi connectivity index (χ1v) is 13.7. The van der Waals surface area contributed by atoms with Crippen molar-refractivity contribution >= 4 is 6.08 Å². The Morgan fingerprint density at radius 2 is 1.50 bits per heavy atom. The molecule has 194 valence electrons. The Bertz CT molecular complexity index is 1070. The fraction of sp³-hybridized carbons (Fsp3) is 0.500. The predicted molar refractivity (Wildman–Crippen MR) is 141 cm³/mol. The number of hydrogen-bond donors (Lipinski definition) is 0. The van der Waals surface area contributed by atoms with Crippen LogP contribution in [0.1, 0.15) is 95.1 Å². The molecule has 0 spiro atoms. The Morgan fingerprint density at radius 3 is 2.17 bits per heavy atom. The number of benzene rings is 2. The molecule has 0 nitrogen and oxygen atoms in total. The highest BCUT2D eigenvalue weighted by atomic mass is 19.2. The molecule has 2 aromatic carbocycles. The van der Waals surface area contributed by atoms with Crippen LogP contribution in [0.2, 0.25) is 0 Å². The maximum absolute atomic E-state index is 15.1. The number of halogens is 4. The fourth-order valence-corrected chi connectivity index (χ4v) is 5.89. The third-order valence-corrected chi connectivity index (χ3v) is 8.36. The second-order valence-electron chi connectivity index (χ2n) is 10.7. The first kappa shape index (κ1) is 26.7. The molecule has 0 aliphatic heterocycles. The van der Waals surface area contributed by atoms with Crippen LogP contribution in [0.25, 0.3) is 17.2 Å². The van der Waals surface area contributed by atoms with Gasteiger partial charge in [0.05, 0.1) is 0 Å². The molecule has 0 saturated heterocycles. The average Bonchev–Trinajstić information content (AvgIpc) is 2.91. The van der Waals surface area contributed by atoms with Crippen LogP contribution in [0.4, 0.5) is 17.6 Å². The van der Waals surface area contributed by atoms with E-state index < -0.39 is 29.2 Å². The quantitative estimate of drug-likeness (QED) is 0.318. The zero-order valence-corrected chi connectivity index (χ0v) is 21.5. The lowest BCUT2D eigenvalue weighted by atomic mass is 9.77. The molecule has 4 heteroatoms. The van der Waals surface area contributed by atoms with Crippen LogP contribution >= 0.6 is 0 Å². The summed E-state index contributed by atoms with van der Waals surface area (Å²) in [7, 11) is 0. The third-order valence-electron chi connectivity index (χ3n) is 8.36. The SMILES string of the molecule is CCCCC1CCC(/C=C/c2ccc(-c3ccc(C4CCC(CC)CC4)c(F)c3F)cc2)C(F)=C1F. The molecule has 1 saturated carbocycles. The van der Waals surface area contributed by atoms with Crippen LogP contribution in [0.3, 0.4) is 0 Å². The second kappa shape index (κ2) is 12.3. The largest absolute Gasteiger partial charge is 0.209 e. The van der Waals surface area contributed by atoms with E-state index in [4.69, 9.17) is 0 Å². The van der Waals surface area contributed by atoms with Crippen molar-refractivity contribution in [2.24, 2.45) is 17.8 Å². The van der Waals surface area contributed by atoms with Gasteiger partial charge in [0.2, 0.25) is 0 Å². The Kier molecular flexibility index (Phi) is 9.09. The van der Waals surface area contributed by atoms with Gasteiger partial charge in [0.15, 0.2) is 11.6 Å². The summed E-state index contributed by atoms with van der Waals surface area (Å²) in [5.41, 5.74) is 2.15. The van der Waals surface area contributed by atoms with E-state index in [2.05, 4.69) is 13.8 Å². The minimum Gasteiger partial charge on any atom is -0.209 e. The summed E-state index contributed by atoms with van der Waals surface area (Å²) < 4.78 is 59.1. The van der Waals surface area contributed by atoms with E-state index in [9.17, 15) is 8.78 Å². The lowest BCUT2D eigenvalue weighted by Gasteiger charge is -2.28. The van der Waals surface area contributed by atoms with E-state index in [-0.39, 0.29) is 17.4 Å². The molecular weight excluding hydrogens is 460 g/mol. The smallest absolute Gasteiger partial charge is 0.166 e. The summed E-state index contributed by atoms with van der Waals surface area (Å²) in [5, 5.41) is 0. The molecule has 0 N–H and O–H groups in total. The van der Waals surface area contributed by atoms with Crippen molar-refractivity contribution in [3.05, 3.63) is 76.9 Å². The summed E-state index contributed by atoms with van der Waals surface area (Å²) in [6, 6.07) is 10.5. The highest BCUT2D eigenvalue weighted by Gasteiger charge is 2.29. The number of unbranched alkanes of at least 4 members (excludes halogenated alkanes) is 1. The van der Waals surface area contributed by atoms with Gasteiger partial charge in [-0.15, -0.1) is 0 Å². The van der Waals surface area contributed by atoms with Crippen LogP contribution in [-0.2, 0) is 0 Å². The second-order valence-corrected chi connectivity index (χ2v) is 10.7. The minimum absolute atomic E-state index is 0.0878. The molecule has 0 heterocycles. The summed E-state index contributed by atoms with van der Waals surface area (Å²) >= 11 is 0. The lowest BCUT2D eigenvalue weighted by Crippen LogP contribution is -2.14. The molecule has 0 amide bonds. The average molecular weight is 499 g/mol. The van der Waals surface area contributed by atoms with Crippen molar-refractivity contribution in [3.63, 3.8) is 0 Å². The van der Waals surface area contributed by atoms with Gasteiger partial charge in [-0.05, 0) is 73.5 Å². The molecule has 1 fully saturated rings. The van der Waals surface area contributed by atoms with Crippen LogP contribution < -0.4 is 0 Å². The molecule has 0 bridgehead atoms. The first-order chi connectivity index (χ1) is 17.4. The monoisotopic (exact) mass is 498 g/mol. The Balaban J connectivity index is 1.44. The number of rotatable bonds is 8. The predicted octanol–water partition coefficient (Wildman–Crippen LogP) is 10.7. The Labute approximate surface area is 213 Å². The minimum atomic E-state index is -0.795. The maximum Gasteiger partial charge on any atom is 0.166 e. The van der Waals surface area contributed by atoms with Gasteiger partial charge >= 0.3 is 0 Å². The molecule has 2 atom stereocenters. The van der Waals surface area contributed by atoms with Crippen molar-refractivity contribution in [1.82, 2.24) is 0 Å². The van der Waals surface area contributed by atoms with E-state index in [1.165, 1.54) is 0 Å². The van der Waals surface area contributed by atoms with Gasteiger partial charge in [-0.3, -0.25) is 0 Å². The highest BCUT2D eigenvalue weighted by Crippen LogP contribution is 2.41. The maximum atomic E-state index is 15.1.